The van der Waals surface area contributed by atoms with Gasteiger partial charge in [0.2, 0.25) is 11.6 Å². The monoisotopic (exact) mass is 488 g/mol. The Bertz CT molecular complexity index is 1150. The smallest absolute Gasteiger partial charge is 0.265 e. The van der Waals surface area contributed by atoms with E-state index in [1.165, 1.54) is 0 Å². The lowest BCUT2D eigenvalue weighted by Gasteiger charge is -2.21. The molecule has 0 unspecified atom stereocenters. The summed E-state index contributed by atoms with van der Waals surface area (Å²) in [5.41, 5.74) is -6.74. The third-order valence-corrected chi connectivity index (χ3v) is 4.62. The highest BCUT2D eigenvalue weighted by atomic mass is 19.2. The van der Waals surface area contributed by atoms with Crippen molar-refractivity contribution in [1.29, 1.82) is 0 Å². The molecule has 33 heavy (non-hydrogen) atoms. The molecular formula is C19H5BF12O. The zero-order valence-electron chi connectivity index (χ0n) is 15.7. The molecule has 0 aliphatic rings. The fraction of sp³-hybridized carbons (Fsp3) is 0.0526. The summed E-state index contributed by atoms with van der Waals surface area (Å²) in [6.45, 7) is -3.50. The van der Waals surface area contributed by atoms with Gasteiger partial charge in [0.15, 0.2) is 63.9 Å². The van der Waals surface area contributed by atoms with Crippen LogP contribution in [0.1, 0.15) is 0 Å². The molecule has 0 saturated heterocycles. The average Bonchev–Trinajstić information content (AvgIpc) is 2.75. The summed E-state index contributed by atoms with van der Waals surface area (Å²) >= 11 is 0. The van der Waals surface area contributed by atoms with E-state index < -0.39 is 111 Å². The summed E-state index contributed by atoms with van der Waals surface area (Å²) in [6.07, 6.45) is 0. The third kappa shape index (κ3) is 3.66. The molecule has 0 aliphatic heterocycles. The minimum absolute atomic E-state index is 0.411. The first-order valence-corrected chi connectivity index (χ1v) is 8.40. The molecule has 0 atom stereocenters. The maximum absolute atomic E-state index is 14.7. The lowest BCUT2D eigenvalue weighted by atomic mass is 9.36. The van der Waals surface area contributed by atoms with Crippen LogP contribution in [0.15, 0.2) is 12.1 Å². The fourth-order valence-electron chi connectivity index (χ4n) is 3.18. The van der Waals surface area contributed by atoms with E-state index in [2.05, 4.69) is 4.74 Å². The van der Waals surface area contributed by atoms with E-state index >= 15 is 0 Å². The van der Waals surface area contributed by atoms with Crippen LogP contribution in [0.2, 0.25) is 0 Å². The molecular weight excluding hydrogens is 483 g/mol. The Morgan fingerprint density at radius 3 is 1.00 bits per heavy atom. The van der Waals surface area contributed by atoms with Gasteiger partial charge in [0.05, 0.1) is 7.11 Å². The number of rotatable bonds is 4. The van der Waals surface area contributed by atoms with Crippen molar-refractivity contribution in [2.24, 2.45) is 0 Å². The Morgan fingerprint density at radius 1 is 0.455 bits per heavy atom. The number of halogens is 12. The van der Waals surface area contributed by atoms with Crippen LogP contribution in [0.25, 0.3) is 0 Å². The van der Waals surface area contributed by atoms with Crippen molar-refractivity contribution >= 4 is 23.1 Å². The molecule has 0 aromatic heterocycles. The van der Waals surface area contributed by atoms with Crippen molar-refractivity contribution in [3.63, 3.8) is 0 Å². The second kappa shape index (κ2) is 8.56. The predicted molar refractivity (Wildman–Crippen MR) is 90.0 cm³/mol. The highest BCUT2D eigenvalue weighted by Crippen LogP contribution is 2.26. The Kier molecular flexibility index (Phi) is 6.31. The number of hydrogen-bond donors (Lipinski definition) is 0. The Balaban J connectivity index is 2.63. The van der Waals surface area contributed by atoms with Crippen molar-refractivity contribution in [2.75, 3.05) is 7.11 Å². The number of benzene rings is 3. The van der Waals surface area contributed by atoms with Crippen molar-refractivity contribution in [2.45, 2.75) is 0 Å². The summed E-state index contributed by atoms with van der Waals surface area (Å²) in [5.74, 6) is -30.9. The number of methoxy groups -OCH3 is 1. The molecule has 0 amide bonds. The first-order chi connectivity index (χ1) is 15.3. The van der Waals surface area contributed by atoms with Crippen molar-refractivity contribution in [3.8, 4) is 5.75 Å². The quantitative estimate of drug-likeness (QED) is 0.308. The summed E-state index contributed by atoms with van der Waals surface area (Å²) in [6, 6.07) is -0.821. The highest BCUT2D eigenvalue weighted by Gasteiger charge is 2.43. The highest BCUT2D eigenvalue weighted by molar-refractivity contribution is 6.95. The molecule has 0 spiro atoms. The van der Waals surface area contributed by atoms with Gasteiger partial charge in [0.1, 0.15) is 0 Å². The van der Waals surface area contributed by atoms with Crippen LogP contribution in [-0.4, -0.2) is 13.8 Å². The molecule has 0 saturated carbocycles. The summed E-state index contributed by atoms with van der Waals surface area (Å²) in [4.78, 5) is 0. The van der Waals surface area contributed by atoms with E-state index in [0.717, 1.165) is 0 Å². The van der Waals surface area contributed by atoms with Crippen LogP contribution in [0.4, 0.5) is 52.7 Å². The zero-order chi connectivity index (χ0) is 24.9. The molecule has 14 heteroatoms. The van der Waals surface area contributed by atoms with E-state index in [9.17, 15) is 52.7 Å². The van der Waals surface area contributed by atoms with Gasteiger partial charge in [-0.15, -0.1) is 0 Å². The standard InChI is InChI=1S/C19H5BF12O/c1-33-19-17(31)15(29)10(16(30)18(19)32)20(8-11(25)4(21)2-5(22)12(8)26)9-13(27)6(23)3-7(24)14(9)28/h2-3H,1H3. The van der Waals surface area contributed by atoms with Crippen LogP contribution < -0.4 is 21.1 Å². The maximum Gasteiger partial charge on any atom is 0.265 e. The van der Waals surface area contributed by atoms with Gasteiger partial charge < -0.3 is 4.74 Å². The topological polar surface area (TPSA) is 9.23 Å². The van der Waals surface area contributed by atoms with Crippen LogP contribution in [-0.2, 0) is 0 Å². The lowest BCUT2D eigenvalue weighted by molar-refractivity contribution is 0.335. The lowest BCUT2D eigenvalue weighted by Crippen LogP contribution is -2.60. The molecule has 3 aromatic carbocycles. The number of hydrogen-bond acceptors (Lipinski definition) is 1. The molecule has 1 nitrogen and oxygen atoms in total. The molecule has 3 rings (SSSR count). The van der Waals surface area contributed by atoms with Crippen LogP contribution >= 0.6 is 0 Å². The van der Waals surface area contributed by atoms with E-state index in [4.69, 9.17) is 0 Å². The Labute approximate surface area is 176 Å². The van der Waals surface area contributed by atoms with Crippen LogP contribution in [0.5, 0.6) is 5.75 Å². The van der Waals surface area contributed by atoms with Crippen LogP contribution in [0, 0.1) is 69.8 Å². The minimum atomic E-state index is -3.50. The van der Waals surface area contributed by atoms with Crippen molar-refractivity contribution < 1.29 is 57.4 Å². The van der Waals surface area contributed by atoms with E-state index in [1.54, 1.807) is 0 Å². The Morgan fingerprint density at radius 2 is 0.727 bits per heavy atom. The molecule has 3 aromatic rings. The van der Waals surface area contributed by atoms with Crippen LogP contribution in [0.3, 0.4) is 0 Å². The SMILES string of the molecule is COc1c(F)c(F)c(B(c2c(F)c(F)cc(F)c2F)c2c(F)c(F)cc(F)c2F)c(F)c1F. The second-order valence-electron chi connectivity index (χ2n) is 6.40. The maximum atomic E-state index is 14.7. The van der Waals surface area contributed by atoms with E-state index in [-0.39, 0.29) is 0 Å². The third-order valence-electron chi connectivity index (χ3n) is 4.62. The van der Waals surface area contributed by atoms with Gasteiger partial charge in [0.25, 0.3) is 6.71 Å². The molecule has 0 aliphatic carbocycles. The average molecular weight is 488 g/mol. The van der Waals surface area contributed by atoms with Gasteiger partial charge in [-0.2, -0.15) is 8.78 Å². The molecule has 0 heterocycles. The van der Waals surface area contributed by atoms with Gasteiger partial charge in [-0.1, -0.05) is 0 Å². The van der Waals surface area contributed by atoms with Gasteiger partial charge >= 0.3 is 0 Å². The molecule has 0 fully saturated rings. The molecule has 0 bridgehead atoms. The first kappa shape index (κ1) is 24.3. The van der Waals surface area contributed by atoms with Gasteiger partial charge in [-0.3, -0.25) is 0 Å². The van der Waals surface area contributed by atoms with Gasteiger partial charge in [0, 0.05) is 28.5 Å². The van der Waals surface area contributed by atoms with Gasteiger partial charge in [-0.05, 0) is 0 Å². The minimum Gasteiger partial charge on any atom is -0.491 e. The molecule has 174 valence electrons. The fourth-order valence-corrected chi connectivity index (χ4v) is 3.18. The summed E-state index contributed by atoms with van der Waals surface area (Å²) < 4.78 is 175. The van der Waals surface area contributed by atoms with E-state index in [0.29, 0.717) is 7.11 Å². The Hall–Kier alpha value is -3.32. The molecule has 0 radical (unpaired) electrons. The normalized spacial score (nSPS) is 11.2. The summed E-state index contributed by atoms with van der Waals surface area (Å²) in [5, 5.41) is 0. The molecule has 0 N–H and O–H groups in total. The largest absolute Gasteiger partial charge is 0.491 e. The van der Waals surface area contributed by atoms with Crippen molar-refractivity contribution in [1.82, 2.24) is 0 Å². The van der Waals surface area contributed by atoms with Crippen molar-refractivity contribution in [3.05, 3.63) is 81.9 Å². The zero-order valence-corrected chi connectivity index (χ0v) is 15.7. The van der Waals surface area contributed by atoms with Gasteiger partial charge in [-0.25, -0.2) is 43.9 Å². The first-order valence-electron chi connectivity index (χ1n) is 8.40. The van der Waals surface area contributed by atoms with E-state index in [1.807, 2.05) is 0 Å². The number of ether oxygens (including phenoxy) is 1. The summed E-state index contributed by atoms with van der Waals surface area (Å²) in [7, 11) is 0.542. The second-order valence-corrected chi connectivity index (χ2v) is 6.40. The predicted octanol–water partition coefficient (Wildman–Crippen LogP) is 3.88.